The molecule has 1 aliphatic heterocycles. The van der Waals surface area contributed by atoms with Gasteiger partial charge in [0, 0.05) is 17.1 Å². The van der Waals surface area contributed by atoms with E-state index in [1.807, 2.05) is 42.2 Å². The van der Waals surface area contributed by atoms with Gasteiger partial charge in [-0.3, -0.25) is 4.79 Å². The highest BCUT2D eigenvalue weighted by Crippen LogP contribution is 2.34. The molecule has 1 aliphatic rings. The maximum Gasteiger partial charge on any atom is 0.259 e. The summed E-state index contributed by atoms with van der Waals surface area (Å²) < 4.78 is 5.44. The van der Waals surface area contributed by atoms with Gasteiger partial charge in [0.15, 0.2) is 0 Å². The van der Waals surface area contributed by atoms with Gasteiger partial charge in [-0.2, -0.15) is 0 Å². The number of thiophene rings is 1. The third-order valence-electron chi connectivity index (χ3n) is 5.20. The number of benzene rings is 1. The highest BCUT2D eigenvalue weighted by atomic mass is 32.1. The van der Waals surface area contributed by atoms with E-state index in [1.165, 1.54) is 10.4 Å². The summed E-state index contributed by atoms with van der Waals surface area (Å²) in [6.07, 6.45) is 1.95. The molecule has 28 heavy (non-hydrogen) atoms. The number of aromatic nitrogens is 2. The average molecular weight is 389 g/mol. The maximum atomic E-state index is 13.6. The second-order valence-corrected chi connectivity index (χ2v) is 8.39. The number of carbonyl (C=O) groups is 1. The Kier molecular flexibility index (Phi) is 4.02. The van der Waals surface area contributed by atoms with E-state index in [9.17, 15) is 4.79 Å². The number of hydrogen-bond donors (Lipinski definition) is 0. The van der Waals surface area contributed by atoms with Crippen LogP contribution in [0.15, 0.2) is 47.0 Å². The predicted octanol–water partition coefficient (Wildman–Crippen LogP) is 5.16. The SMILES string of the molecule is Cc1ccc(-c2cc(C(=O)N3CCCc4ccccc43)c3c(C)noc3n2)s1. The molecule has 0 saturated carbocycles. The number of hydrogen-bond acceptors (Lipinski definition) is 5. The number of anilines is 1. The highest BCUT2D eigenvalue weighted by molar-refractivity contribution is 7.15. The molecule has 1 amide bonds. The van der Waals surface area contributed by atoms with Crippen molar-refractivity contribution in [1.82, 2.24) is 10.1 Å². The Hall–Kier alpha value is -2.99. The van der Waals surface area contributed by atoms with Gasteiger partial charge >= 0.3 is 0 Å². The summed E-state index contributed by atoms with van der Waals surface area (Å²) in [5, 5.41) is 4.76. The van der Waals surface area contributed by atoms with Crippen molar-refractivity contribution in [3.63, 3.8) is 0 Å². The first-order valence-corrected chi connectivity index (χ1v) is 10.2. The Bertz CT molecular complexity index is 1210. The average Bonchev–Trinajstić information content (AvgIpc) is 3.32. The summed E-state index contributed by atoms with van der Waals surface area (Å²) in [5.74, 6) is -0.0274. The van der Waals surface area contributed by atoms with E-state index in [4.69, 9.17) is 4.52 Å². The zero-order valence-electron chi connectivity index (χ0n) is 15.7. The molecule has 0 spiro atoms. The van der Waals surface area contributed by atoms with Crippen LogP contribution in [0.2, 0.25) is 0 Å². The molecule has 5 rings (SSSR count). The summed E-state index contributed by atoms with van der Waals surface area (Å²) in [6, 6.07) is 14.1. The lowest BCUT2D eigenvalue weighted by atomic mass is 10.00. The lowest BCUT2D eigenvalue weighted by Gasteiger charge is -2.29. The highest BCUT2D eigenvalue weighted by Gasteiger charge is 2.27. The van der Waals surface area contributed by atoms with Crippen LogP contribution in [0.1, 0.15) is 32.9 Å². The van der Waals surface area contributed by atoms with Gasteiger partial charge in [0.2, 0.25) is 0 Å². The molecule has 3 aromatic heterocycles. The minimum Gasteiger partial charge on any atom is -0.335 e. The van der Waals surface area contributed by atoms with E-state index in [-0.39, 0.29) is 5.91 Å². The summed E-state index contributed by atoms with van der Waals surface area (Å²) in [4.78, 5) is 22.4. The van der Waals surface area contributed by atoms with Gasteiger partial charge in [-0.15, -0.1) is 11.3 Å². The van der Waals surface area contributed by atoms with Gasteiger partial charge in [-0.05, 0) is 56.5 Å². The summed E-state index contributed by atoms with van der Waals surface area (Å²) in [7, 11) is 0. The predicted molar refractivity (Wildman–Crippen MR) is 111 cm³/mol. The van der Waals surface area contributed by atoms with Gasteiger partial charge < -0.3 is 9.42 Å². The van der Waals surface area contributed by atoms with Crippen molar-refractivity contribution in [1.29, 1.82) is 0 Å². The Morgan fingerprint density at radius 1 is 1.18 bits per heavy atom. The molecular formula is C22H19N3O2S. The lowest BCUT2D eigenvalue weighted by molar-refractivity contribution is 0.0986. The van der Waals surface area contributed by atoms with Crippen LogP contribution < -0.4 is 4.90 Å². The number of rotatable bonds is 2. The smallest absolute Gasteiger partial charge is 0.259 e. The number of aryl methyl sites for hydroxylation is 3. The second-order valence-electron chi connectivity index (χ2n) is 7.10. The molecule has 0 radical (unpaired) electrons. The van der Waals surface area contributed by atoms with Crippen molar-refractivity contribution in [2.24, 2.45) is 0 Å². The molecule has 5 nitrogen and oxygen atoms in total. The van der Waals surface area contributed by atoms with E-state index in [2.05, 4.69) is 29.2 Å². The molecule has 4 heterocycles. The Labute approximate surface area is 166 Å². The van der Waals surface area contributed by atoms with Crippen molar-refractivity contribution in [3.05, 3.63) is 64.2 Å². The lowest BCUT2D eigenvalue weighted by Crippen LogP contribution is -2.35. The van der Waals surface area contributed by atoms with Crippen LogP contribution in [0.4, 0.5) is 5.69 Å². The number of fused-ring (bicyclic) bond motifs is 2. The van der Waals surface area contributed by atoms with Crippen molar-refractivity contribution in [2.45, 2.75) is 26.7 Å². The molecule has 0 N–H and O–H groups in total. The van der Waals surface area contributed by atoms with Gasteiger partial charge in [0.1, 0.15) is 0 Å². The van der Waals surface area contributed by atoms with E-state index >= 15 is 0 Å². The summed E-state index contributed by atoms with van der Waals surface area (Å²) in [5.41, 5.74) is 4.64. The van der Waals surface area contributed by atoms with Crippen LogP contribution in [0, 0.1) is 13.8 Å². The van der Waals surface area contributed by atoms with Crippen LogP contribution in [-0.2, 0) is 6.42 Å². The molecule has 0 bridgehead atoms. The third-order valence-corrected chi connectivity index (χ3v) is 6.22. The standard InChI is InChI=1S/C22H19N3O2S/c1-13-9-10-19(28-13)17-12-16(20-14(2)24-27-21(20)23-17)22(26)25-11-5-7-15-6-3-4-8-18(15)25/h3-4,6,8-10,12H,5,7,11H2,1-2H3. The van der Waals surface area contributed by atoms with Crippen molar-refractivity contribution >= 4 is 34.0 Å². The molecule has 6 heteroatoms. The topological polar surface area (TPSA) is 59.2 Å². The number of pyridine rings is 1. The molecule has 0 unspecified atom stereocenters. The van der Waals surface area contributed by atoms with Gasteiger partial charge in [-0.25, -0.2) is 4.98 Å². The first kappa shape index (κ1) is 17.1. The van der Waals surface area contributed by atoms with Crippen molar-refractivity contribution in [3.8, 4) is 10.6 Å². The Morgan fingerprint density at radius 3 is 2.86 bits per heavy atom. The Balaban J connectivity index is 1.68. The number of nitrogens with zero attached hydrogens (tertiary/aromatic N) is 3. The fourth-order valence-corrected chi connectivity index (χ4v) is 4.68. The van der Waals surface area contributed by atoms with E-state index in [0.717, 1.165) is 29.1 Å². The molecular weight excluding hydrogens is 370 g/mol. The monoisotopic (exact) mass is 389 g/mol. The fourth-order valence-electron chi connectivity index (χ4n) is 3.85. The number of para-hydroxylation sites is 1. The maximum absolute atomic E-state index is 13.6. The van der Waals surface area contributed by atoms with Crippen LogP contribution in [-0.4, -0.2) is 22.6 Å². The zero-order chi connectivity index (χ0) is 19.3. The van der Waals surface area contributed by atoms with Crippen LogP contribution >= 0.6 is 11.3 Å². The molecule has 1 aromatic carbocycles. The van der Waals surface area contributed by atoms with E-state index < -0.39 is 0 Å². The molecule has 0 saturated heterocycles. The molecule has 0 fully saturated rings. The minimum absolute atomic E-state index is 0.0274. The van der Waals surface area contributed by atoms with Gasteiger partial charge in [-0.1, -0.05) is 23.4 Å². The second kappa shape index (κ2) is 6.56. The normalized spacial score (nSPS) is 13.7. The van der Waals surface area contributed by atoms with E-state index in [1.54, 1.807) is 11.3 Å². The summed E-state index contributed by atoms with van der Waals surface area (Å²) >= 11 is 1.65. The first-order chi connectivity index (χ1) is 13.6. The first-order valence-electron chi connectivity index (χ1n) is 9.35. The Morgan fingerprint density at radius 2 is 2.04 bits per heavy atom. The molecule has 4 aromatic rings. The van der Waals surface area contributed by atoms with Crippen LogP contribution in [0.25, 0.3) is 21.7 Å². The van der Waals surface area contributed by atoms with Gasteiger partial charge in [0.25, 0.3) is 11.6 Å². The van der Waals surface area contributed by atoms with Crippen LogP contribution in [0.5, 0.6) is 0 Å². The third kappa shape index (κ3) is 2.72. The summed E-state index contributed by atoms with van der Waals surface area (Å²) in [6.45, 7) is 4.61. The van der Waals surface area contributed by atoms with Crippen molar-refractivity contribution in [2.75, 3.05) is 11.4 Å². The molecule has 140 valence electrons. The zero-order valence-corrected chi connectivity index (χ0v) is 16.5. The minimum atomic E-state index is -0.0274. The largest absolute Gasteiger partial charge is 0.335 e. The number of carbonyl (C=O) groups excluding carboxylic acids is 1. The number of amides is 1. The van der Waals surface area contributed by atoms with Crippen molar-refractivity contribution < 1.29 is 9.32 Å². The van der Waals surface area contributed by atoms with Crippen LogP contribution in [0.3, 0.4) is 0 Å². The quantitative estimate of drug-likeness (QED) is 0.475. The van der Waals surface area contributed by atoms with Gasteiger partial charge in [0.05, 0.1) is 27.2 Å². The fraction of sp³-hybridized carbons (Fsp3) is 0.227. The molecule has 0 atom stereocenters. The molecule has 0 aliphatic carbocycles. The van der Waals surface area contributed by atoms with E-state index in [0.29, 0.717) is 28.9 Å².